The minimum atomic E-state index is -0.529. The first-order valence-corrected chi connectivity index (χ1v) is 13.5. The third-order valence-electron chi connectivity index (χ3n) is 5.83. The van der Waals surface area contributed by atoms with Crippen molar-refractivity contribution in [3.05, 3.63) is 70.9 Å². The lowest BCUT2D eigenvalue weighted by atomic mass is 9.95. The fraction of sp³-hybridized carbons (Fsp3) is 0.393. The summed E-state index contributed by atoms with van der Waals surface area (Å²) in [4.78, 5) is 17.9. The van der Waals surface area contributed by atoms with Crippen molar-refractivity contribution >= 4 is 23.7 Å². The zero-order valence-corrected chi connectivity index (χ0v) is 22.8. The molecule has 1 N–H and O–H groups in total. The Morgan fingerprint density at radius 1 is 1.16 bits per heavy atom. The van der Waals surface area contributed by atoms with Gasteiger partial charge >= 0.3 is 5.97 Å². The number of carbonyl (C=O) groups excluding carboxylic acids is 1. The summed E-state index contributed by atoms with van der Waals surface area (Å²) >= 11 is 1.59. The molecule has 0 saturated heterocycles. The lowest BCUT2D eigenvalue weighted by Gasteiger charge is -2.29. The van der Waals surface area contributed by atoms with Gasteiger partial charge in [-0.05, 0) is 50.5 Å². The van der Waals surface area contributed by atoms with Gasteiger partial charge in [0.05, 0.1) is 25.4 Å². The highest BCUT2D eigenvalue weighted by molar-refractivity contribution is 7.99. The fourth-order valence-electron chi connectivity index (χ4n) is 4.13. The van der Waals surface area contributed by atoms with Crippen LogP contribution in [-0.2, 0) is 16.0 Å². The molecule has 3 aromatic rings. The molecule has 8 nitrogen and oxygen atoms in total. The second-order valence-electron chi connectivity index (χ2n) is 9.03. The number of nitrogens with zero attached hydrogens (tertiary/aromatic N) is 3. The number of rotatable bonds is 11. The van der Waals surface area contributed by atoms with Gasteiger partial charge in [-0.25, -0.2) is 9.48 Å². The molecule has 2 heterocycles. The Kier molecular flexibility index (Phi) is 8.76. The lowest BCUT2D eigenvalue weighted by Crippen LogP contribution is -2.30. The average Bonchev–Trinajstić information content (AvgIpc) is 3.29. The predicted octanol–water partition coefficient (Wildman–Crippen LogP) is 5.65. The van der Waals surface area contributed by atoms with E-state index in [4.69, 9.17) is 19.3 Å². The zero-order valence-electron chi connectivity index (χ0n) is 22.0. The summed E-state index contributed by atoms with van der Waals surface area (Å²) in [5.41, 5.74) is 3.20. The van der Waals surface area contributed by atoms with E-state index in [-0.39, 0.29) is 6.10 Å². The van der Waals surface area contributed by atoms with Crippen LogP contribution >= 0.6 is 11.8 Å². The Morgan fingerprint density at radius 2 is 1.95 bits per heavy atom. The normalized spacial score (nSPS) is 14.8. The second-order valence-corrected chi connectivity index (χ2v) is 10.1. The molecule has 0 bridgehead atoms. The Bertz CT molecular complexity index is 1260. The Labute approximate surface area is 222 Å². The number of thioether (sulfide) groups is 1. The van der Waals surface area contributed by atoms with E-state index in [0.29, 0.717) is 40.5 Å². The van der Waals surface area contributed by atoms with E-state index < -0.39 is 12.0 Å². The van der Waals surface area contributed by atoms with Gasteiger partial charge in [-0.3, -0.25) is 0 Å². The molecule has 9 heteroatoms. The summed E-state index contributed by atoms with van der Waals surface area (Å²) in [6.45, 7) is 8.17. The predicted molar refractivity (Wildman–Crippen MR) is 145 cm³/mol. The molecule has 4 rings (SSSR count). The van der Waals surface area contributed by atoms with E-state index >= 15 is 0 Å². The van der Waals surface area contributed by atoms with Gasteiger partial charge in [0.15, 0.2) is 11.5 Å². The number of anilines is 1. The van der Waals surface area contributed by atoms with Gasteiger partial charge in [0.1, 0.15) is 6.04 Å². The molecule has 196 valence electrons. The van der Waals surface area contributed by atoms with Crippen molar-refractivity contribution in [3.63, 3.8) is 0 Å². The summed E-state index contributed by atoms with van der Waals surface area (Å²) in [7, 11) is 1.61. The summed E-state index contributed by atoms with van der Waals surface area (Å²) in [5.74, 6) is 2.33. The maximum absolute atomic E-state index is 13.2. The average molecular weight is 523 g/mol. The van der Waals surface area contributed by atoms with Crippen molar-refractivity contribution in [2.45, 2.75) is 57.8 Å². The van der Waals surface area contributed by atoms with E-state index in [9.17, 15) is 4.79 Å². The minimum Gasteiger partial charge on any atom is -0.493 e. The minimum absolute atomic E-state index is 0.254. The first-order valence-electron chi connectivity index (χ1n) is 12.5. The van der Waals surface area contributed by atoms with Crippen LogP contribution < -0.4 is 14.8 Å². The molecule has 0 aliphatic carbocycles. The number of hydrogen-bond acceptors (Lipinski definition) is 8. The molecule has 0 fully saturated rings. The van der Waals surface area contributed by atoms with Crippen molar-refractivity contribution in [1.29, 1.82) is 0 Å². The number of fused-ring (bicyclic) bond motifs is 1. The monoisotopic (exact) mass is 522 g/mol. The number of carbonyl (C=O) groups is 1. The molecular weight excluding hydrogens is 488 g/mol. The Hall–Kier alpha value is -3.46. The van der Waals surface area contributed by atoms with Crippen LogP contribution in [0.3, 0.4) is 0 Å². The fourth-order valence-corrected chi connectivity index (χ4v) is 4.82. The summed E-state index contributed by atoms with van der Waals surface area (Å²) in [5, 5.41) is 8.65. The van der Waals surface area contributed by atoms with E-state index in [1.165, 1.54) is 5.56 Å². The quantitative estimate of drug-likeness (QED) is 0.255. The van der Waals surface area contributed by atoms with Crippen molar-refractivity contribution < 1.29 is 19.0 Å². The van der Waals surface area contributed by atoms with Gasteiger partial charge in [0.2, 0.25) is 11.1 Å². The molecule has 1 aromatic heterocycles. The molecule has 0 saturated carbocycles. The summed E-state index contributed by atoms with van der Waals surface area (Å²) in [6.07, 6.45) is 1.54. The van der Waals surface area contributed by atoms with Gasteiger partial charge in [0.25, 0.3) is 0 Å². The van der Waals surface area contributed by atoms with Crippen molar-refractivity contribution in [2.24, 2.45) is 0 Å². The molecule has 0 spiro atoms. The number of nitrogens with one attached hydrogen (secondary N) is 1. The van der Waals surface area contributed by atoms with E-state index in [0.717, 1.165) is 24.2 Å². The van der Waals surface area contributed by atoms with Crippen LogP contribution in [0.5, 0.6) is 11.5 Å². The largest absolute Gasteiger partial charge is 0.493 e. The Balaban J connectivity index is 1.66. The van der Waals surface area contributed by atoms with Crippen LogP contribution in [0.1, 0.15) is 51.3 Å². The standard InChI is InChI=1S/C28H34N4O4S/c1-6-16-37-28-30-27-29-19(4)24(26(33)36-18(2)3)25(32(27)31-28)21-12-13-22(23(17-21)34-5)35-15-14-20-10-8-7-9-11-20/h7-13,17-18,25H,6,14-16H2,1-5H3,(H,29,30,31). The van der Waals surface area contributed by atoms with Gasteiger partial charge in [0, 0.05) is 17.9 Å². The molecule has 37 heavy (non-hydrogen) atoms. The van der Waals surface area contributed by atoms with Crippen LogP contribution in [0.2, 0.25) is 0 Å². The third-order valence-corrected chi connectivity index (χ3v) is 6.87. The van der Waals surface area contributed by atoms with Crippen LogP contribution in [0.15, 0.2) is 65.0 Å². The number of benzene rings is 2. The number of aromatic nitrogens is 3. The van der Waals surface area contributed by atoms with Crippen LogP contribution in [0, 0.1) is 0 Å². The highest BCUT2D eigenvalue weighted by Gasteiger charge is 2.36. The smallest absolute Gasteiger partial charge is 0.338 e. The van der Waals surface area contributed by atoms with Crippen molar-refractivity contribution in [2.75, 3.05) is 24.8 Å². The van der Waals surface area contributed by atoms with E-state index in [2.05, 4.69) is 29.4 Å². The van der Waals surface area contributed by atoms with E-state index in [1.807, 2.05) is 57.2 Å². The van der Waals surface area contributed by atoms with E-state index in [1.54, 1.807) is 23.6 Å². The highest BCUT2D eigenvalue weighted by Crippen LogP contribution is 2.40. The number of methoxy groups -OCH3 is 1. The molecule has 1 aliphatic rings. The summed E-state index contributed by atoms with van der Waals surface area (Å²) < 4.78 is 19.1. The zero-order chi connectivity index (χ0) is 26.4. The first-order chi connectivity index (χ1) is 17.9. The van der Waals surface area contributed by atoms with Gasteiger partial charge < -0.3 is 19.5 Å². The van der Waals surface area contributed by atoms with Crippen LogP contribution in [0.4, 0.5) is 5.95 Å². The number of esters is 1. The number of ether oxygens (including phenoxy) is 3. The molecule has 1 atom stereocenters. The maximum Gasteiger partial charge on any atom is 0.338 e. The molecule has 0 radical (unpaired) electrons. The van der Waals surface area contributed by atoms with Crippen molar-refractivity contribution in [1.82, 2.24) is 14.8 Å². The highest BCUT2D eigenvalue weighted by atomic mass is 32.2. The molecular formula is C28H34N4O4S. The molecule has 1 aliphatic heterocycles. The molecule has 0 amide bonds. The van der Waals surface area contributed by atoms with Gasteiger partial charge in [-0.15, -0.1) is 5.10 Å². The van der Waals surface area contributed by atoms with Gasteiger partial charge in [-0.2, -0.15) is 4.98 Å². The Morgan fingerprint density at radius 3 is 2.65 bits per heavy atom. The SMILES string of the molecule is CCCSc1nc2n(n1)C(c1ccc(OCCc3ccccc3)c(OC)c1)C(C(=O)OC(C)C)=C(C)N2. The maximum atomic E-state index is 13.2. The second kappa shape index (κ2) is 12.2. The summed E-state index contributed by atoms with van der Waals surface area (Å²) in [6, 6.07) is 15.4. The topological polar surface area (TPSA) is 87.5 Å². The molecule has 2 aromatic carbocycles. The van der Waals surface area contributed by atoms with Crippen LogP contribution in [0.25, 0.3) is 0 Å². The molecule has 1 unspecified atom stereocenters. The first kappa shape index (κ1) is 26.6. The number of hydrogen-bond donors (Lipinski definition) is 1. The van der Waals surface area contributed by atoms with Gasteiger partial charge in [-0.1, -0.05) is 55.1 Å². The third kappa shape index (κ3) is 6.28. The van der Waals surface area contributed by atoms with Crippen molar-refractivity contribution in [3.8, 4) is 11.5 Å². The lowest BCUT2D eigenvalue weighted by molar-refractivity contribution is -0.143. The number of allylic oxidation sites excluding steroid dienone is 1. The van der Waals surface area contributed by atoms with Crippen LogP contribution in [-0.4, -0.2) is 46.3 Å².